The average Bonchev–Trinajstić information content (AvgIpc) is 3.08. The van der Waals surface area contributed by atoms with Gasteiger partial charge in [-0.05, 0) is 18.4 Å². The third-order valence-electron chi connectivity index (χ3n) is 2.95. The Kier molecular flexibility index (Phi) is 3.07. The third kappa shape index (κ3) is 2.27. The molecule has 0 amide bonds. The summed E-state index contributed by atoms with van der Waals surface area (Å²) < 4.78 is 0. The third-order valence-corrected chi connectivity index (χ3v) is 2.95. The molecule has 0 saturated heterocycles. The Morgan fingerprint density at radius 2 is 2.59 bits per heavy atom. The fourth-order valence-corrected chi connectivity index (χ4v) is 1.94. The van der Waals surface area contributed by atoms with Crippen LogP contribution in [0.2, 0.25) is 0 Å². The van der Waals surface area contributed by atoms with E-state index in [4.69, 9.17) is 5.11 Å². The van der Waals surface area contributed by atoms with Gasteiger partial charge in [0.15, 0.2) is 0 Å². The summed E-state index contributed by atoms with van der Waals surface area (Å²) in [5.41, 5.74) is 4.91. The van der Waals surface area contributed by atoms with Crippen molar-refractivity contribution in [2.45, 2.75) is 25.9 Å². The molecule has 1 aliphatic carbocycles. The molecule has 4 nitrogen and oxygen atoms in total. The van der Waals surface area contributed by atoms with E-state index in [1.54, 1.807) is 6.08 Å². The molecular formula is C13H14N2O2. The Bertz CT molecular complexity index is 494. The van der Waals surface area contributed by atoms with E-state index in [-0.39, 0.29) is 12.1 Å². The quantitative estimate of drug-likeness (QED) is 0.593. The minimum atomic E-state index is -0.893. The Balaban J connectivity index is 2.18. The molecule has 17 heavy (non-hydrogen) atoms. The van der Waals surface area contributed by atoms with Gasteiger partial charge in [0.2, 0.25) is 0 Å². The number of hydrogen-bond donors (Lipinski definition) is 1. The van der Waals surface area contributed by atoms with Gasteiger partial charge in [0.25, 0.3) is 0 Å². The number of dihydropyridines is 1. The van der Waals surface area contributed by atoms with Gasteiger partial charge in [-0.2, -0.15) is 0 Å². The number of aliphatic carboxylic acids is 1. The minimum Gasteiger partial charge on any atom is -0.478 e. The largest absolute Gasteiger partial charge is 0.478 e. The number of carboxylic acid groups (broad SMARTS) is 1. The highest BCUT2D eigenvalue weighted by Gasteiger charge is 2.43. The molecule has 0 radical (unpaired) electrons. The molecule has 2 atom stereocenters. The molecule has 0 aromatic heterocycles. The van der Waals surface area contributed by atoms with Gasteiger partial charge >= 0.3 is 5.97 Å². The second kappa shape index (κ2) is 4.52. The first-order valence-electron chi connectivity index (χ1n) is 5.59. The SMILES string of the molecule is C=C=CC(CC)=NC1N=CC(C(=O)O)=C2C[C@@H]21. The Labute approximate surface area is 99.8 Å². The van der Waals surface area contributed by atoms with E-state index in [1.165, 1.54) is 6.21 Å². The van der Waals surface area contributed by atoms with E-state index < -0.39 is 5.97 Å². The monoisotopic (exact) mass is 230 g/mol. The van der Waals surface area contributed by atoms with Crippen molar-refractivity contribution in [1.29, 1.82) is 0 Å². The summed E-state index contributed by atoms with van der Waals surface area (Å²) in [6.07, 6.45) is 4.61. The fourth-order valence-electron chi connectivity index (χ4n) is 1.94. The Morgan fingerprint density at radius 1 is 1.82 bits per heavy atom. The van der Waals surface area contributed by atoms with Crippen LogP contribution in [-0.2, 0) is 4.79 Å². The van der Waals surface area contributed by atoms with Crippen molar-refractivity contribution in [1.82, 2.24) is 0 Å². The highest BCUT2D eigenvalue weighted by molar-refractivity contribution is 6.10. The van der Waals surface area contributed by atoms with Crippen LogP contribution in [0.4, 0.5) is 0 Å². The maximum absolute atomic E-state index is 10.9. The number of nitrogens with zero attached hydrogens (tertiary/aromatic N) is 2. The van der Waals surface area contributed by atoms with E-state index in [2.05, 4.69) is 22.3 Å². The first-order valence-corrected chi connectivity index (χ1v) is 5.59. The number of allylic oxidation sites excluding steroid dienone is 1. The maximum Gasteiger partial charge on any atom is 0.337 e. The van der Waals surface area contributed by atoms with Crippen molar-refractivity contribution in [2.24, 2.45) is 15.9 Å². The lowest BCUT2D eigenvalue weighted by Gasteiger charge is -2.10. The minimum absolute atomic E-state index is 0.160. The number of aliphatic imine (C=N–C) groups is 2. The van der Waals surface area contributed by atoms with E-state index in [1.807, 2.05) is 6.92 Å². The van der Waals surface area contributed by atoms with Gasteiger partial charge in [0.1, 0.15) is 6.17 Å². The molecule has 1 heterocycles. The molecule has 1 aliphatic heterocycles. The van der Waals surface area contributed by atoms with Crippen molar-refractivity contribution in [3.8, 4) is 0 Å². The van der Waals surface area contributed by atoms with Crippen LogP contribution < -0.4 is 0 Å². The standard InChI is InChI=1S/C13H14N2O2/c1-3-5-8(4-2)15-12-10-6-9(10)11(7-14-12)13(16)17/h5,7,10,12H,1,4,6H2,2H3,(H,16,17)/t10-,12?/m0/s1. The van der Waals surface area contributed by atoms with Crippen molar-refractivity contribution >= 4 is 17.9 Å². The molecule has 2 aliphatic rings. The summed E-state index contributed by atoms with van der Waals surface area (Å²) in [4.78, 5) is 19.6. The first kappa shape index (κ1) is 11.6. The lowest BCUT2D eigenvalue weighted by molar-refractivity contribution is -0.132. The molecule has 4 heteroatoms. The van der Waals surface area contributed by atoms with Crippen molar-refractivity contribution in [3.63, 3.8) is 0 Å². The van der Waals surface area contributed by atoms with E-state index in [9.17, 15) is 4.79 Å². The van der Waals surface area contributed by atoms with Crippen LogP contribution in [0.15, 0.2) is 39.5 Å². The van der Waals surface area contributed by atoms with Gasteiger partial charge in [0.05, 0.1) is 5.57 Å². The van der Waals surface area contributed by atoms with Crippen LogP contribution in [-0.4, -0.2) is 29.2 Å². The molecule has 1 saturated carbocycles. The van der Waals surface area contributed by atoms with Gasteiger partial charge in [-0.15, -0.1) is 5.73 Å². The van der Waals surface area contributed by atoms with Crippen LogP contribution >= 0.6 is 0 Å². The van der Waals surface area contributed by atoms with Gasteiger partial charge in [-0.1, -0.05) is 13.5 Å². The molecule has 0 aromatic carbocycles. The summed E-state index contributed by atoms with van der Waals surface area (Å²) in [5.74, 6) is -0.707. The van der Waals surface area contributed by atoms with Gasteiger partial charge < -0.3 is 5.11 Å². The molecular weight excluding hydrogens is 216 g/mol. The van der Waals surface area contributed by atoms with Crippen LogP contribution in [0.25, 0.3) is 0 Å². The van der Waals surface area contributed by atoms with Gasteiger partial charge in [-0.25, -0.2) is 4.79 Å². The molecule has 0 aromatic rings. The number of fused-ring (bicyclic) bond motifs is 1. The molecule has 0 bridgehead atoms. The fraction of sp³-hybridized carbons (Fsp3) is 0.385. The predicted octanol–water partition coefficient (Wildman–Crippen LogP) is 1.99. The highest BCUT2D eigenvalue weighted by atomic mass is 16.4. The highest BCUT2D eigenvalue weighted by Crippen LogP contribution is 2.46. The van der Waals surface area contributed by atoms with Crippen molar-refractivity contribution < 1.29 is 9.90 Å². The smallest absolute Gasteiger partial charge is 0.337 e. The average molecular weight is 230 g/mol. The van der Waals surface area contributed by atoms with Crippen LogP contribution in [0, 0.1) is 5.92 Å². The molecule has 88 valence electrons. The zero-order valence-corrected chi connectivity index (χ0v) is 9.68. The first-order chi connectivity index (χ1) is 8.17. The zero-order chi connectivity index (χ0) is 12.4. The summed E-state index contributed by atoms with van der Waals surface area (Å²) in [6.45, 7) is 5.52. The van der Waals surface area contributed by atoms with Crippen molar-refractivity contribution in [3.05, 3.63) is 29.5 Å². The second-order valence-corrected chi connectivity index (χ2v) is 4.07. The molecule has 0 spiro atoms. The second-order valence-electron chi connectivity index (χ2n) is 4.07. The number of carboxylic acids is 1. The van der Waals surface area contributed by atoms with Crippen LogP contribution in [0.3, 0.4) is 0 Å². The summed E-state index contributed by atoms with van der Waals surface area (Å²) in [6, 6.07) is 0. The molecule has 2 rings (SSSR count). The molecule has 1 unspecified atom stereocenters. The predicted molar refractivity (Wildman–Crippen MR) is 66.5 cm³/mol. The Hall–Kier alpha value is -1.93. The van der Waals surface area contributed by atoms with E-state index >= 15 is 0 Å². The van der Waals surface area contributed by atoms with Crippen LogP contribution in [0.1, 0.15) is 19.8 Å². The summed E-state index contributed by atoms with van der Waals surface area (Å²) in [7, 11) is 0. The van der Waals surface area contributed by atoms with Gasteiger partial charge in [-0.3, -0.25) is 9.98 Å². The van der Waals surface area contributed by atoms with E-state index in [0.717, 1.165) is 24.1 Å². The molecule has 1 fully saturated rings. The van der Waals surface area contributed by atoms with Crippen molar-refractivity contribution in [2.75, 3.05) is 0 Å². The summed E-state index contributed by atoms with van der Waals surface area (Å²) >= 11 is 0. The topological polar surface area (TPSA) is 62.0 Å². The number of hydrogen-bond acceptors (Lipinski definition) is 3. The zero-order valence-electron chi connectivity index (χ0n) is 9.68. The van der Waals surface area contributed by atoms with Crippen LogP contribution in [0.5, 0.6) is 0 Å². The number of rotatable bonds is 4. The summed E-state index contributed by atoms with van der Waals surface area (Å²) in [5, 5.41) is 8.92. The molecule has 1 N–H and O–H groups in total. The van der Waals surface area contributed by atoms with Gasteiger partial charge in [0, 0.05) is 23.9 Å². The number of carbonyl (C=O) groups is 1. The van der Waals surface area contributed by atoms with E-state index in [0.29, 0.717) is 5.57 Å². The maximum atomic E-state index is 10.9. The Morgan fingerprint density at radius 3 is 3.18 bits per heavy atom. The lowest BCUT2D eigenvalue weighted by atomic mass is 10.1. The normalized spacial score (nSPS) is 26.3. The lowest BCUT2D eigenvalue weighted by Crippen LogP contribution is -2.14.